The molecule has 0 unspecified atom stereocenters. The number of rotatable bonds is 5. The molecule has 15 heteroatoms. The number of amides is 1. The smallest absolute Gasteiger partial charge is 0.408 e. The number of halogens is 5. The summed E-state index contributed by atoms with van der Waals surface area (Å²) in [6.45, 7) is -4.72. The van der Waals surface area contributed by atoms with E-state index < -0.39 is 50.1 Å². The summed E-state index contributed by atoms with van der Waals surface area (Å²) < 4.78 is 97.8. The molecule has 1 fully saturated rings. The Morgan fingerprint density at radius 1 is 1.35 bits per heavy atom. The Balaban J connectivity index is 1.45. The average Bonchev–Trinajstić information content (AvgIpc) is 3.41. The maximum Gasteiger partial charge on any atom is 0.408 e. The largest absolute Gasteiger partial charge is 0.479 e. The number of alkyl halides is 4. The fourth-order valence-corrected chi connectivity index (χ4v) is 4.32. The summed E-state index contributed by atoms with van der Waals surface area (Å²) in [6.07, 6.45) is -5.13. The van der Waals surface area contributed by atoms with Crippen LogP contribution in [0.5, 0.6) is 5.88 Å². The number of nitrogens with one attached hydrogen (secondary N) is 1. The van der Waals surface area contributed by atoms with Gasteiger partial charge in [-0.2, -0.15) is 18.2 Å². The van der Waals surface area contributed by atoms with E-state index in [1.54, 1.807) is 0 Å². The van der Waals surface area contributed by atoms with Gasteiger partial charge in [-0.25, -0.2) is 18.0 Å². The van der Waals surface area contributed by atoms with Crippen molar-refractivity contribution in [1.82, 2.24) is 34.5 Å². The van der Waals surface area contributed by atoms with E-state index in [1.165, 1.54) is 25.3 Å². The lowest BCUT2D eigenvalue weighted by Crippen LogP contribution is -2.49. The van der Waals surface area contributed by atoms with Gasteiger partial charge in [0.2, 0.25) is 17.7 Å². The second-order valence-electron chi connectivity index (χ2n) is 8.46. The molecule has 0 radical (unpaired) electrons. The van der Waals surface area contributed by atoms with Crippen molar-refractivity contribution in [2.24, 2.45) is 0 Å². The molecule has 37 heavy (non-hydrogen) atoms. The molecule has 1 amide bonds. The van der Waals surface area contributed by atoms with Crippen molar-refractivity contribution in [3.8, 4) is 17.0 Å². The highest BCUT2D eigenvalue weighted by atomic mass is 19.4. The number of nitrogens with zero attached hydrogens (tertiary/aromatic N) is 7. The van der Waals surface area contributed by atoms with Crippen molar-refractivity contribution in [3.63, 3.8) is 0 Å². The Morgan fingerprint density at radius 2 is 2.16 bits per heavy atom. The number of methoxy groups -OCH3 is 1. The van der Waals surface area contributed by atoms with Crippen molar-refractivity contribution in [2.75, 3.05) is 25.5 Å². The molecule has 5 rings (SSSR count). The van der Waals surface area contributed by atoms with Gasteiger partial charge in [-0.3, -0.25) is 4.79 Å². The molecule has 1 aliphatic heterocycles. The molecule has 1 aliphatic rings. The molecule has 0 spiro atoms. The maximum absolute atomic E-state index is 15.2. The predicted molar refractivity (Wildman–Crippen MR) is 121 cm³/mol. The topological polar surface area (TPSA) is 102 Å². The molecule has 3 aromatic heterocycles. The molecule has 0 saturated carbocycles. The van der Waals surface area contributed by atoms with Crippen molar-refractivity contribution in [2.45, 2.75) is 38.2 Å². The lowest BCUT2D eigenvalue weighted by atomic mass is 10.0. The number of ether oxygens (including phenoxy) is 1. The van der Waals surface area contributed by atoms with Crippen LogP contribution in [0.4, 0.5) is 27.9 Å². The molecular weight excluding hydrogens is 503 g/mol. The lowest BCUT2D eigenvalue weighted by molar-refractivity contribution is -0.142. The van der Waals surface area contributed by atoms with Gasteiger partial charge >= 0.3 is 6.18 Å². The van der Waals surface area contributed by atoms with Crippen LogP contribution in [0.25, 0.3) is 27.7 Å². The molecule has 0 bridgehead atoms. The average molecular weight is 527 g/mol. The third kappa shape index (κ3) is 4.72. The van der Waals surface area contributed by atoms with Crippen molar-refractivity contribution < 1.29 is 35.6 Å². The summed E-state index contributed by atoms with van der Waals surface area (Å²) in [7, 11) is 1.27. The number of hydrogen-bond donors (Lipinski definition) is 1. The first kappa shape index (κ1) is 21.1. The van der Waals surface area contributed by atoms with Crippen LogP contribution in [0.15, 0.2) is 24.4 Å². The van der Waals surface area contributed by atoms with Crippen LogP contribution < -0.4 is 10.1 Å². The molecule has 4 aromatic rings. The Bertz CT molecular complexity index is 1590. The van der Waals surface area contributed by atoms with Crippen molar-refractivity contribution in [1.29, 1.82) is 0 Å². The molecule has 196 valence electrons. The zero-order valence-electron chi connectivity index (χ0n) is 22.1. The standard InChI is InChI=1S/C22H21F5N8O2/c1-11(36)33-6-5-15(13(23)8-33)28-21-29-20(37-2)19-18(14(24)9-34(19)31-21)12-3-4-16-17(7-12)35(32-30-16)10-22(25,26)27/h3-4,7,9,13,15H,5-6,8,10H2,1-2H3,(H,28,31)/t13-,15+/m1/s1/i1D3. The lowest BCUT2D eigenvalue weighted by Gasteiger charge is -2.34. The Kier molecular flexibility index (Phi) is 5.20. The predicted octanol–water partition coefficient (Wildman–Crippen LogP) is 3.22. The highest BCUT2D eigenvalue weighted by Crippen LogP contribution is 2.35. The summed E-state index contributed by atoms with van der Waals surface area (Å²) >= 11 is 0. The number of fused-ring (bicyclic) bond motifs is 2. The minimum Gasteiger partial charge on any atom is -0.479 e. The van der Waals surface area contributed by atoms with Gasteiger partial charge in [-0.1, -0.05) is 11.3 Å². The number of carbonyl (C=O) groups excluding carboxylic acids is 1. The van der Waals surface area contributed by atoms with Crippen LogP contribution in [0.1, 0.15) is 17.4 Å². The van der Waals surface area contributed by atoms with Gasteiger partial charge in [0.25, 0.3) is 0 Å². The molecule has 4 heterocycles. The van der Waals surface area contributed by atoms with Gasteiger partial charge in [-0.05, 0) is 24.1 Å². The van der Waals surface area contributed by atoms with Crippen LogP contribution in [-0.2, 0) is 11.3 Å². The highest BCUT2D eigenvalue weighted by molar-refractivity contribution is 5.89. The van der Waals surface area contributed by atoms with Crippen LogP contribution in [0.3, 0.4) is 0 Å². The first-order valence-electron chi connectivity index (χ1n) is 12.5. The SMILES string of the molecule is [2H]C([2H])([2H])C(=O)N1CC[C@H](Nc2nc(OC)c3c(-c4ccc5nnn(CC(F)(F)F)c5c4)c(F)cn3n2)[C@H](F)C1. The molecule has 1 N–H and O–H groups in total. The zero-order chi connectivity index (χ0) is 29.0. The first-order valence-corrected chi connectivity index (χ1v) is 11.0. The summed E-state index contributed by atoms with van der Waals surface area (Å²) in [6, 6.07) is 3.29. The highest BCUT2D eigenvalue weighted by Gasteiger charge is 2.32. The molecular formula is C22H21F5N8O2. The number of anilines is 1. The van der Waals surface area contributed by atoms with Crippen LogP contribution >= 0.6 is 0 Å². The fraction of sp³-hybridized carbons (Fsp3) is 0.409. The van der Waals surface area contributed by atoms with Gasteiger partial charge in [0, 0.05) is 17.5 Å². The normalized spacial score (nSPS) is 20.1. The number of benzene rings is 1. The summed E-state index contributed by atoms with van der Waals surface area (Å²) in [4.78, 5) is 17.1. The number of aromatic nitrogens is 6. The minimum absolute atomic E-state index is 0.0146. The van der Waals surface area contributed by atoms with Crippen LogP contribution in [0.2, 0.25) is 0 Å². The molecule has 10 nitrogen and oxygen atoms in total. The Hall–Kier alpha value is -4.04. The summed E-state index contributed by atoms with van der Waals surface area (Å²) in [5, 5.41) is 14.2. The van der Waals surface area contributed by atoms with Gasteiger partial charge in [0.15, 0.2) is 5.82 Å². The third-order valence-corrected chi connectivity index (χ3v) is 6.02. The van der Waals surface area contributed by atoms with Gasteiger partial charge in [0.1, 0.15) is 23.7 Å². The zero-order valence-corrected chi connectivity index (χ0v) is 19.1. The minimum atomic E-state index is -4.55. The van der Waals surface area contributed by atoms with E-state index in [1.807, 2.05) is 0 Å². The quantitative estimate of drug-likeness (QED) is 0.398. The van der Waals surface area contributed by atoms with Crippen LogP contribution in [-0.4, -0.2) is 79.0 Å². The molecule has 0 aliphatic carbocycles. The van der Waals surface area contributed by atoms with Crippen molar-refractivity contribution in [3.05, 3.63) is 30.2 Å². The molecule has 2 atom stereocenters. The second-order valence-corrected chi connectivity index (χ2v) is 8.46. The number of hydrogen-bond acceptors (Lipinski definition) is 7. The fourth-order valence-electron chi connectivity index (χ4n) is 4.32. The van der Waals surface area contributed by atoms with Crippen LogP contribution in [0, 0.1) is 5.82 Å². The summed E-state index contributed by atoms with van der Waals surface area (Å²) in [5.74, 6) is -2.15. The van der Waals surface area contributed by atoms with E-state index in [4.69, 9.17) is 8.85 Å². The number of carbonyl (C=O) groups is 1. The van der Waals surface area contributed by atoms with E-state index in [0.29, 0.717) is 4.68 Å². The molecule has 1 aromatic carbocycles. The second kappa shape index (κ2) is 9.12. The van der Waals surface area contributed by atoms with E-state index in [2.05, 4.69) is 25.7 Å². The van der Waals surface area contributed by atoms with E-state index in [9.17, 15) is 22.4 Å². The summed E-state index contributed by atoms with van der Waals surface area (Å²) in [5.41, 5.74) is 0.415. The van der Waals surface area contributed by atoms with Gasteiger partial charge < -0.3 is 15.0 Å². The van der Waals surface area contributed by atoms with E-state index >= 15 is 4.39 Å². The van der Waals surface area contributed by atoms with E-state index in [0.717, 1.165) is 15.6 Å². The van der Waals surface area contributed by atoms with Crippen molar-refractivity contribution >= 4 is 28.4 Å². The number of likely N-dealkylation sites (tertiary alicyclic amines) is 1. The first-order chi connectivity index (χ1) is 18.7. The van der Waals surface area contributed by atoms with E-state index in [-0.39, 0.29) is 52.5 Å². The van der Waals surface area contributed by atoms with Gasteiger partial charge in [-0.15, -0.1) is 10.2 Å². The number of piperidine rings is 1. The maximum atomic E-state index is 15.2. The Morgan fingerprint density at radius 3 is 2.86 bits per heavy atom. The monoisotopic (exact) mass is 527 g/mol. The third-order valence-electron chi connectivity index (χ3n) is 6.02. The van der Waals surface area contributed by atoms with Gasteiger partial charge in [0.05, 0.1) is 37.0 Å². The molecule has 1 saturated heterocycles. The Labute approximate surface area is 210 Å².